The normalized spacial score (nSPS) is 10.9. The van der Waals surface area contributed by atoms with Gasteiger partial charge in [0, 0.05) is 10.9 Å². The van der Waals surface area contributed by atoms with Gasteiger partial charge in [0.25, 0.3) is 5.56 Å². The second-order valence-electron chi connectivity index (χ2n) is 4.10. The summed E-state index contributed by atoms with van der Waals surface area (Å²) in [5.41, 5.74) is 1.54. The molecule has 0 radical (unpaired) electrons. The van der Waals surface area contributed by atoms with E-state index in [0.29, 0.717) is 6.29 Å². The van der Waals surface area contributed by atoms with Crippen LogP contribution < -0.4 is 5.56 Å². The van der Waals surface area contributed by atoms with Gasteiger partial charge in [0.15, 0.2) is 6.29 Å². The molecule has 0 spiro atoms. The number of nitrogens with one attached hydrogen (secondary N) is 1. The molecule has 3 heteroatoms. The summed E-state index contributed by atoms with van der Waals surface area (Å²) in [5.74, 6) is 0.146. The van der Waals surface area contributed by atoms with Crippen molar-refractivity contribution < 1.29 is 4.79 Å². The van der Waals surface area contributed by atoms with Crippen LogP contribution in [0.25, 0.3) is 10.9 Å². The minimum absolute atomic E-state index is 0.146. The van der Waals surface area contributed by atoms with E-state index in [4.69, 9.17) is 0 Å². The van der Waals surface area contributed by atoms with E-state index in [1.165, 1.54) is 0 Å². The number of para-hydroxylation sites is 1. The van der Waals surface area contributed by atoms with Gasteiger partial charge in [-0.05, 0) is 17.5 Å². The van der Waals surface area contributed by atoms with Gasteiger partial charge in [0.05, 0.1) is 5.56 Å². The third kappa shape index (κ3) is 1.54. The molecule has 3 nitrogen and oxygen atoms in total. The summed E-state index contributed by atoms with van der Waals surface area (Å²) in [4.78, 5) is 25.4. The first kappa shape index (κ1) is 10.6. The average Bonchev–Trinajstić information content (AvgIpc) is 2.26. The van der Waals surface area contributed by atoms with Gasteiger partial charge < -0.3 is 4.98 Å². The number of hydrogen-bond acceptors (Lipinski definition) is 2. The second kappa shape index (κ2) is 3.93. The summed E-state index contributed by atoms with van der Waals surface area (Å²) in [6.45, 7) is 3.96. The van der Waals surface area contributed by atoms with E-state index < -0.39 is 0 Å². The van der Waals surface area contributed by atoms with Crippen LogP contribution in [0.5, 0.6) is 0 Å². The Kier molecular flexibility index (Phi) is 2.60. The van der Waals surface area contributed by atoms with Crippen LogP contribution in [0.2, 0.25) is 0 Å². The van der Waals surface area contributed by atoms with E-state index in [1.54, 1.807) is 0 Å². The predicted octanol–water partition coefficient (Wildman–Crippen LogP) is 2.46. The van der Waals surface area contributed by atoms with E-state index in [2.05, 4.69) is 4.98 Å². The van der Waals surface area contributed by atoms with Gasteiger partial charge in [0.1, 0.15) is 0 Å². The van der Waals surface area contributed by atoms with Crippen molar-refractivity contribution in [1.82, 2.24) is 4.98 Å². The third-order valence-corrected chi connectivity index (χ3v) is 2.70. The van der Waals surface area contributed by atoms with Gasteiger partial charge in [0.2, 0.25) is 0 Å². The highest BCUT2D eigenvalue weighted by molar-refractivity contribution is 5.90. The van der Waals surface area contributed by atoms with Crippen LogP contribution in [-0.2, 0) is 0 Å². The van der Waals surface area contributed by atoms with Crippen molar-refractivity contribution in [2.45, 2.75) is 19.8 Å². The molecular weight excluding hydrogens is 202 g/mol. The molecule has 2 rings (SSSR count). The smallest absolute Gasteiger partial charge is 0.259 e. The van der Waals surface area contributed by atoms with E-state index in [-0.39, 0.29) is 17.0 Å². The summed E-state index contributed by atoms with van der Waals surface area (Å²) in [5, 5.41) is 0.944. The molecule has 0 aliphatic rings. The summed E-state index contributed by atoms with van der Waals surface area (Å²) >= 11 is 0. The number of H-pyrrole nitrogens is 1. The number of benzene rings is 1. The number of fused-ring (bicyclic) bond motifs is 1. The highest BCUT2D eigenvalue weighted by atomic mass is 16.1. The van der Waals surface area contributed by atoms with Gasteiger partial charge >= 0.3 is 0 Å². The van der Waals surface area contributed by atoms with Crippen molar-refractivity contribution in [2.24, 2.45) is 0 Å². The summed E-state index contributed by atoms with van der Waals surface area (Å²) in [7, 11) is 0. The lowest BCUT2D eigenvalue weighted by molar-refractivity contribution is 0.112. The number of rotatable bonds is 2. The highest BCUT2D eigenvalue weighted by Gasteiger charge is 2.14. The monoisotopic (exact) mass is 215 g/mol. The van der Waals surface area contributed by atoms with Crippen molar-refractivity contribution in [2.75, 3.05) is 0 Å². The Hall–Kier alpha value is -1.90. The SMILES string of the molecule is CC(C)c1c(C=O)c(=O)[nH]c2ccccc12. The van der Waals surface area contributed by atoms with Gasteiger partial charge in [-0.1, -0.05) is 32.0 Å². The third-order valence-electron chi connectivity index (χ3n) is 2.70. The van der Waals surface area contributed by atoms with Crippen LogP contribution >= 0.6 is 0 Å². The molecule has 0 saturated heterocycles. The van der Waals surface area contributed by atoms with Crippen LogP contribution in [-0.4, -0.2) is 11.3 Å². The van der Waals surface area contributed by atoms with E-state index in [0.717, 1.165) is 16.5 Å². The summed E-state index contributed by atoms with van der Waals surface area (Å²) in [6.07, 6.45) is 0.639. The number of carbonyl (C=O) groups excluding carboxylic acids is 1. The molecule has 16 heavy (non-hydrogen) atoms. The largest absolute Gasteiger partial charge is 0.321 e. The Morgan fingerprint density at radius 3 is 2.56 bits per heavy atom. The number of hydrogen-bond donors (Lipinski definition) is 1. The van der Waals surface area contributed by atoms with E-state index >= 15 is 0 Å². The summed E-state index contributed by atoms with van der Waals surface area (Å²) < 4.78 is 0. The fourth-order valence-electron chi connectivity index (χ4n) is 2.02. The fourth-order valence-corrected chi connectivity index (χ4v) is 2.02. The molecule has 0 fully saturated rings. The molecule has 0 atom stereocenters. The molecule has 0 aliphatic carbocycles. The van der Waals surface area contributed by atoms with Crippen LogP contribution in [0.4, 0.5) is 0 Å². The van der Waals surface area contributed by atoms with Gasteiger partial charge in [-0.2, -0.15) is 0 Å². The molecule has 0 bridgehead atoms. The Morgan fingerprint density at radius 2 is 1.94 bits per heavy atom. The minimum atomic E-state index is -0.308. The first-order chi connectivity index (χ1) is 7.65. The Balaban J connectivity index is 2.98. The zero-order valence-electron chi connectivity index (χ0n) is 9.28. The zero-order valence-corrected chi connectivity index (χ0v) is 9.28. The highest BCUT2D eigenvalue weighted by Crippen LogP contribution is 2.24. The molecule has 2 aromatic rings. The van der Waals surface area contributed by atoms with Crippen molar-refractivity contribution in [3.63, 3.8) is 0 Å². The molecule has 0 unspecified atom stereocenters. The standard InChI is InChI=1S/C13H13NO2/c1-8(2)12-9-5-3-4-6-11(9)14-13(16)10(12)7-15/h3-8H,1-2H3,(H,14,16). The van der Waals surface area contributed by atoms with E-state index in [9.17, 15) is 9.59 Å². The predicted molar refractivity (Wildman–Crippen MR) is 64.0 cm³/mol. The number of carbonyl (C=O) groups is 1. The first-order valence-electron chi connectivity index (χ1n) is 5.25. The lowest BCUT2D eigenvalue weighted by Crippen LogP contribution is -2.16. The molecule has 1 aromatic carbocycles. The topological polar surface area (TPSA) is 49.9 Å². The quantitative estimate of drug-likeness (QED) is 0.782. The molecule has 0 amide bonds. The van der Waals surface area contributed by atoms with Crippen molar-refractivity contribution in [3.05, 3.63) is 45.7 Å². The fraction of sp³-hybridized carbons (Fsp3) is 0.231. The molecule has 0 aliphatic heterocycles. The molecule has 0 saturated carbocycles. The molecular formula is C13H13NO2. The van der Waals surface area contributed by atoms with Gasteiger partial charge in [-0.15, -0.1) is 0 Å². The van der Waals surface area contributed by atoms with Crippen LogP contribution in [0.15, 0.2) is 29.1 Å². The van der Waals surface area contributed by atoms with Crippen molar-refractivity contribution in [3.8, 4) is 0 Å². The van der Waals surface area contributed by atoms with Crippen LogP contribution in [0.3, 0.4) is 0 Å². The van der Waals surface area contributed by atoms with Gasteiger partial charge in [-0.3, -0.25) is 9.59 Å². The number of aromatic nitrogens is 1. The van der Waals surface area contributed by atoms with Crippen LogP contribution in [0, 0.1) is 0 Å². The molecule has 82 valence electrons. The minimum Gasteiger partial charge on any atom is -0.321 e. The van der Waals surface area contributed by atoms with Crippen LogP contribution in [0.1, 0.15) is 35.7 Å². The lowest BCUT2D eigenvalue weighted by Gasteiger charge is -2.11. The van der Waals surface area contributed by atoms with Crippen molar-refractivity contribution >= 4 is 17.2 Å². The number of aldehydes is 1. The number of aromatic amines is 1. The lowest BCUT2D eigenvalue weighted by atomic mass is 9.94. The zero-order chi connectivity index (χ0) is 11.7. The molecule has 1 aromatic heterocycles. The average molecular weight is 215 g/mol. The molecule has 1 N–H and O–H groups in total. The summed E-state index contributed by atoms with van der Waals surface area (Å²) in [6, 6.07) is 7.54. The Labute approximate surface area is 93.1 Å². The second-order valence-corrected chi connectivity index (χ2v) is 4.10. The van der Waals surface area contributed by atoms with Gasteiger partial charge in [-0.25, -0.2) is 0 Å². The maximum absolute atomic E-state index is 11.7. The van der Waals surface area contributed by atoms with Crippen molar-refractivity contribution in [1.29, 1.82) is 0 Å². The Bertz CT molecular complexity index is 596. The maximum Gasteiger partial charge on any atom is 0.259 e. The first-order valence-corrected chi connectivity index (χ1v) is 5.25. The maximum atomic E-state index is 11.7. The molecule has 1 heterocycles. The Morgan fingerprint density at radius 1 is 1.25 bits per heavy atom. The van der Waals surface area contributed by atoms with E-state index in [1.807, 2.05) is 38.1 Å². The number of pyridine rings is 1.